The van der Waals surface area contributed by atoms with Gasteiger partial charge in [-0.3, -0.25) is 0 Å². The fourth-order valence-electron chi connectivity index (χ4n) is 1.44. The Labute approximate surface area is 115 Å². The van der Waals surface area contributed by atoms with Gasteiger partial charge in [0.1, 0.15) is 18.0 Å². The largest absolute Gasteiger partial charge is 0.481 e. The predicted octanol–water partition coefficient (Wildman–Crippen LogP) is 2.72. The Morgan fingerprint density at radius 1 is 1.11 bits per heavy atom. The minimum Gasteiger partial charge on any atom is -0.481 e. The van der Waals surface area contributed by atoms with Crippen LogP contribution in [0.25, 0.3) is 0 Å². The van der Waals surface area contributed by atoms with Crippen molar-refractivity contribution < 1.29 is 14.6 Å². The normalized spacial score (nSPS) is 11.7. The first-order valence-electron chi connectivity index (χ1n) is 6.25. The van der Waals surface area contributed by atoms with Crippen LogP contribution >= 0.6 is 0 Å². The molecule has 0 fully saturated rings. The first-order valence-corrected chi connectivity index (χ1v) is 6.25. The Balaban J connectivity index is 2.60. The van der Waals surface area contributed by atoms with Crippen LogP contribution in [0.15, 0.2) is 24.3 Å². The van der Waals surface area contributed by atoms with Crippen LogP contribution in [0.2, 0.25) is 0 Å². The van der Waals surface area contributed by atoms with Crippen molar-refractivity contribution in [2.45, 2.75) is 38.9 Å². The summed E-state index contributed by atoms with van der Waals surface area (Å²) in [6.07, 6.45) is 0. The molecular weight excluding hydrogens is 240 g/mol. The summed E-state index contributed by atoms with van der Waals surface area (Å²) >= 11 is 0. The van der Waals surface area contributed by atoms with E-state index in [1.54, 1.807) is 21.0 Å². The average Bonchev–Trinajstić information content (AvgIpc) is 2.34. The zero-order chi connectivity index (χ0) is 14.5. The van der Waals surface area contributed by atoms with Crippen LogP contribution in [0.1, 0.15) is 33.3 Å². The van der Waals surface area contributed by atoms with Gasteiger partial charge >= 0.3 is 0 Å². The molecule has 0 radical (unpaired) electrons. The molecule has 1 N–H and O–H groups in total. The molecule has 0 aliphatic carbocycles. The lowest BCUT2D eigenvalue weighted by molar-refractivity contribution is 0.0192. The van der Waals surface area contributed by atoms with Gasteiger partial charge in [-0.15, -0.1) is 0 Å². The number of rotatable bonds is 4. The highest BCUT2D eigenvalue weighted by Gasteiger charge is 2.18. The molecule has 0 unspecified atom stereocenters. The fraction of sp³-hybridized carbons (Fsp3) is 0.500. The van der Waals surface area contributed by atoms with Gasteiger partial charge in [0.05, 0.1) is 5.60 Å². The highest BCUT2D eigenvalue weighted by Crippen LogP contribution is 2.25. The van der Waals surface area contributed by atoms with Gasteiger partial charge in [-0.25, -0.2) is 0 Å². The topological polar surface area (TPSA) is 38.7 Å². The molecule has 0 aliphatic heterocycles. The van der Waals surface area contributed by atoms with Crippen molar-refractivity contribution >= 4 is 0 Å². The van der Waals surface area contributed by atoms with Crippen LogP contribution < -0.4 is 4.74 Å². The molecule has 0 aliphatic rings. The second-order valence-corrected chi connectivity index (χ2v) is 5.39. The zero-order valence-electron chi connectivity index (χ0n) is 12.3. The molecule has 19 heavy (non-hydrogen) atoms. The van der Waals surface area contributed by atoms with Crippen molar-refractivity contribution in [2.24, 2.45) is 0 Å². The first-order chi connectivity index (χ1) is 8.74. The van der Waals surface area contributed by atoms with Crippen molar-refractivity contribution in [3.63, 3.8) is 0 Å². The number of hydrogen-bond donors (Lipinski definition) is 1. The van der Waals surface area contributed by atoms with E-state index in [9.17, 15) is 5.11 Å². The summed E-state index contributed by atoms with van der Waals surface area (Å²) < 4.78 is 10.9. The zero-order valence-corrected chi connectivity index (χ0v) is 12.3. The van der Waals surface area contributed by atoms with Crippen LogP contribution in [-0.4, -0.2) is 24.4 Å². The molecule has 1 aromatic rings. The first kappa shape index (κ1) is 15.6. The number of ether oxygens (including phenoxy) is 2. The SMILES string of the molecule is COC(C)(C)c1ccc(OCC#CC(C)(C)O)cc1. The van der Waals surface area contributed by atoms with Crippen molar-refractivity contribution in [3.8, 4) is 17.6 Å². The fourth-order valence-corrected chi connectivity index (χ4v) is 1.44. The Morgan fingerprint density at radius 2 is 1.68 bits per heavy atom. The summed E-state index contributed by atoms with van der Waals surface area (Å²) in [6, 6.07) is 7.73. The lowest BCUT2D eigenvalue weighted by atomic mass is 9.98. The van der Waals surface area contributed by atoms with Gasteiger partial charge in [0.15, 0.2) is 0 Å². The third-order valence-corrected chi connectivity index (χ3v) is 2.77. The van der Waals surface area contributed by atoms with E-state index in [1.165, 1.54) is 0 Å². The van der Waals surface area contributed by atoms with Gasteiger partial charge in [0.25, 0.3) is 0 Å². The molecule has 0 saturated heterocycles. The second-order valence-electron chi connectivity index (χ2n) is 5.39. The standard InChI is InChI=1S/C16H22O3/c1-15(2,17)11-6-12-19-14-9-7-13(8-10-14)16(3,4)18-5/h7-10,17H,12H2,1-5H3. The lowest BCUT2D eigenvalue weighted by Crippen LogP contribution is -2.19. The lowest BCUT2D eigenvalue weighted by Gasteiger charge is -2.23. The Hall–Kier alpha value is -1.50. The van der Waals surface area contributed by atoms with Gasteiger partial charge in [-0.2, -0.15) is 0 Å². The summed E-state index contributed by atoms with van der Waals surface area (Å²) in [5.41, 5.74) is -0.195. The van der Waals surface area contributed by atoms with Gasteiger partial charge in [0, 0.05) is 7.11 Å². The molecular formula is C16H22O3. The predicted molar refractivity (Wildman–Crippen MR) is 76.0 cm³/mol. The molecule has 0 aromatic heterocycles. The van der Waals surface area contributed by atoms with Crippen LogP contribution in [0.5, 0.6) is 5.75 Å². The van der Waals surface area contributed by atoms with Crippen LogP contribution in [-0.2, 0) is 10.3 Å². The van der Waals surface area contributed by atoms with Crippen molar-refractivity contribution in [3.05, 3.63) is 29.8 Å². The van der Waals surface area contributed by atoms with E-state index < -0.39 is 5.60 Å². The minimum atomic E-state index is -0.976. The highest BCUT2D eigenvalue weighted by atomic mass is 16.5. The van der Waals surface area contributed by atoms with Gasteiger partial charge in [-0.05, 0) is 45.4 Å². The molecule has 3 nitrogen and oxygen atoms in total. The van der Waals surface area contributed by atoms with Crippen molar-refractivity contribution in [2.75, 3.05) is 13.7 Å². The molecule has 0 atom stereocenters. The molecule has 3 heteroatoms. The Bertz CT molecular complexity index is 455. The molecule has 1 aromatic carbocycles. The van der Waals surface area contributed by atoms with E-state index in [0.29, 0.717) is 0 Å². The molecule has 0 heterocycles. The second kappa shape index (κ2) is 6.10. The summed E-state index contributed by atoms with van der Waals surface area (Å²) in [7, 11) is 1.69. The highest BCUT2D eigenvalue weighted by molar-refractivity contribution is 5.30. The van der Waals surface area contributed by atoms with E-state index in [4.69, 9.17) is 9.47 Å². The molecule has 104 valence electrons. The van der Waals surface area contributed by atoms with Crippen LogP contribution in [0, 0.1) is 11.8 Å². The van der Waals surface area contributed by atoms with E-state index in [1.807, 2.05) is 38.1 Å². The van der Waals surface area contributed by atoms with E-state index in [2.05, 4.69) is 11.8 Å². The third-order valence-electron chi connectivity index (χ3n) is 2.77. The van der Waals surface area contributed by atoms with Crippen molar-refractivity contribution in [1.29, 1.82) is 0 Å². The monoisotopic (exact) mass is 262 g/mol. The van der Waals surface area contributed by atoms with Gasteiger partial charge in [-0.1, -0.05) is 24.0 Å². The van der Waals surface area contributed by atoms with E-state index >= 15 is 0 Å². The summed E-state index contributed by atoms with van der Waals surface area (Å²) in [5.74, 6) is 6.23. The Kier molecular flexibility index (Phi) is 4.99. The van der Waals surface area contributed by atoms with Crippen LogP contribution in [0.3, 0.4) is 0 Å². The number of aliphatic hydroxyl groups is 1. The summed E-state index contributed by atoms with van der Waals surface area (Å²) in [4.78, 5) is 0. The molecule has 0 amide bonds. The number of methoxy groups -OCH3 is 1. The maximum atomic E-state index is 9.42. The van der Waals surface area contributed by atoms with Gasteiger partial charge < -0.3 is 14.6 Å². The maximum Gasteiger partial charge on any atom is 0.149 e. The van der Waals surface area contributed by atoms with E-state index in [0.717, 1.165) is 11.3 Å². The molecule has 0 bridgehead atoms. The minimum absolute atomic E-state index is 0.261. The molecule has 1 rings (SSSR count). The Morgan fingerprint density at radius 3 is 2.16 bits per heavy atom. The smallest absolute Gasteiger partial charge is 0.149 e. The molecule has 0 saturated carbocycles. The number of benzene rings is 1. The third kappa shape index (κ3) is 5.34. The quantitative estimate of drug-likeness (QED) is 0.848. The van der Waals surface area contributed by atoms with Crippen molar-refractivity contribution in [1.82, 2.24) is 0 Å². The maximum absolute atomic E-state index is 9.42. The van der Waals surface area contributed by atoms with Gasteiger partial charge in [0.2, 0.25) is 0 Å². The van der Waals surface area contributed by atoms with Crippen LogP contribution in [0.4, 0.5) is 0 Å². The van der Waals surface area contributed by atoms with E-state index in [-0.39, 0.29) is 12.2 Å². The molecule has 0 spiro atoms. The number of hydrogen-bond acceptors (Lipinski definition) is 3. The summed E-state index contributed by atoms with van der Waals surface area (Å²) in [6.45, 7) is 7.57. The summed E-state index contributed by atoms with van der Waals surface area (Å²) in [5, 5.41) is 9.42. The average molecular weight is 262 g/mol.